The molecule has 0 saturated carbocycles. The van der Waals surface area contributed by atoms with E-state index in [4.69, 9.17) is 0 Å². The molecule has 0 aliphatic carbocycles. The minimum Gasteiger partial charge on any atom is -0.385 e. The number of aliphatic hydroxyl groups is 2. The van der Waals surface area contributed by atoms with E-state index >= 15 is 0 Å². The Morgan fingerprint density at radius 3 is 1.88 bits per heavy atom. The summed E-state index contributed by atoms with van der Waals surface area (Å²) in [7, 11) is -3.14. The lowest BCUT2D eigenvalue weighted by Crippen LogP contribution is -2.25. The lowest BCUT2D eigenvalue weighted by molar-refractivity contribution is 0.206. The Bertz CT molecular complexity index is 350. The average molecular weight is 242 g/mol. The summed E-state index contributed by atoms with van der Waals surface area (Å²) in [5, 5.41) is 20.4. The van der Waals surface area contributed by atoms with Crippen molar-refractivity contribution >= 4 is 12.4 Å². The highest BCUT2D eigenvalue weighted by Crippen LogP contribution is 2.54. The van der Waals surface area contributed by atoms with Gasteiger partial charge in [0.25, 0.3) is 0 Å². The van der Waals surface area contributed by atoms with Crippen LogP contribution in [0, 0.1) is 0 Å². The molecule has 0 aliphatic rings. The lowest BCUT2D eigenvalue weighted by Gasteiger charge is -2.27. The molecule has 1 aromatic carbocycles. The van der Waals surface area contributed by atoms with Crippen molar-refractivity contribution in [2.24, 2.45) is 0 Å². The van der Waals surface area contributed by atoms with Crippen molar-refractivity contribution in [3.63, 3.8) is 0 Å². The number of benzene rings is 1. The van der Waals surface area contributed by atoms with Crippen LogP contribution in [0.5, 0.6) is 0 Å². The van der Waals surface area contributed by atoms with Gasteiger partial charge in [0.05, 0.1) is 0 Å². The van der Waals surface area contributed by atoms with Gasteiger partial charge in [0.1, 0.15) is 11.7 Å². The van der Waals surface area contributed by atoms with Crippen LogP contribution in [0.4, 0.5) is 0 Å². The third kappa shape index (κ3) is 2.37. The van der Waals surface area contributed by atoms with Crippen LogP contribution in [0.3, 0.4) is 0 Å². The Balaban J connectivity index is 3.21. The molecule has 0 saturated heterocycles. The average Bonchev–Trinajstić information content (AvgIpc) is 2.36. The first-order valence-corrected chi connectivity index (χ1v) is 7.43. The number of hydrogen-bond acceptors (Lipinski definition) is 3. The molecule has 2 unspecified atom stereocenters. The number of aliphatic hydroxyl groups excluding tert-OH is 2. The van der Waals surface area contributed by atoms with Gasteiger partial charge in [-0.05, 0) is 12.8 Å². The van der Waals surface area contributed by atoms with E-state index in [0.717, 1.165) is 0 Å². The molecular formula is C12H19O3P. The van der Waals surface area contributed by atoms with Crippen LogP contribution in [0.15, 0.2) is 30.3 Å². The van der Waals surface area contributed by atoms with Gasteiger partial charge in [0, 0.05) is 5.30 Å². The standard InChI is InChI=1S/C12H19O3P/c1-3-11(13)16(15,12(14)4-2)10-8-6-5-7-9-10/h5-9,11-14H,3-4H2,1-2H3. The zero-order chi connectivity index (χ0) is 12.2. The second-order valence-corrected chi connectivity index (χ2v) is 6.95. The quantitative estimate of drug-likeness (QED) is 0.778. The van der Waals surface area contributed by atoms with Gasteiger partial charge in [0.2, 0.25) is 0 Å². The van der Waals surface area contributed by atoms with Crippen LogP contribution in [0.2, 0.25) is 0 Å². The van der Waals surface area contributed by atoms with Crippen LogP contribution in [0.25, 0.3) is 0 Å². The van der Waals surface area contributed by atoms with Gasteiger partial charge in [0.15, 0.2) is 7.14 Å². The minimum atomic E-state index is -3.14. The topological polar surface area (TPSA) is 57.5 Å². The molecule has 0 amide bonds. The molecule has 1 aromatic rings. The normalized spacial score (nSPS) is 18.8. The third-order valence-corrected chi connectivity index (χ3v) is 6.38. The van der Waals surface area contributed by atoms with Gasteiger partial charge in [-0.25, -0.2) is 0 Å². The molecule has 0 aliphatic heterocycles. The van der Waals surface area contributed by atoms with Crippen LogP contribution in [-0.4, -0.2) is 21.9 Å². The van der Waals surface area contributed by atoms with Crippen molar-refractivity contribution < 1.29 is 14.8 Å². The van der Waals surface area contributed by atoms with Gasteiger partial charge in [-0.1, -0.05) is 44.2 Å². The van der Waals surface area contributed by atoms with Crippen LogP contribution in [-0.2, 0) is 4.57 Å². The Morgan fingerprint density at radius 2 is 1.50 bits per heavy atom. The van der Waals surface area contributed by atoms with E-state index in [1.165, 1.54) is 0 Å². The van der Waals surface area contributed by atoms with Crippen LogP contribution >= 0.6 is 7.14 Å². The summed E-state index contributed by atoms with van der Waals surface area (Å²) in [6.07, 6.45) is 0.756. The summed E-state index contributed by atoms with van der Waals surface area (Å²) in [5.41, 5.74) is 0. The van der Waals surface area contributed by atoms with Gasteiger partial charge >= 0.3 is 0 Å². The highest BCUT2D eigenvalue weighted by Gasteiger charge is 2.38. The Kier molecular flexibility index (Phi) is 4.72. The Morgan fingerprint density at radius 1 is 1.06 bits per heavy atom. The fourth-order valence-electron chi connectivity index (χ4n) is 1.75. The zero-order valence-corrected chi connectivity index (χ0v) is 10.6. The maximum atomic E-state index is 12.8. The van der Waals surface area contributed by atoms with Crippen LogP contribution < -0.4 is 5.30 Å². The monoisotopic (exact) mass is 242 g/mol. The maximum absolute atomic E-state index is 12.8. The summed E-state index contributed by atoms with van der Waals surface area (Å²) in [6, 6.07) is 8.78. The van der Waals surface area contributed by atoms with Crippen molar-refractivity contribution in [3.8, 4) is 0 Å². The molecule has 2 atom stereocenters. The van der Waals surface area contributed by atoms with E-state index in [0.29, 0.717) is 18.1 Å². The largest absolute Gasteiger partial charge is 0.385 e. The Hall–Kier alpha value is -0.630. The summed E-state index contributed by atoms with van der Waals surface area (Å²) >= 11 is 0. The number of hydrogen-bond donors (Lipinski definition) is 2. The zero-order valence-electron chi connectivity index (χ0n) is 9.71. The van der Waals surface area contributed by atoms with E-state index in [1.54, 1.807) is 38.1 Å². The molecule has 0 heterocycles. The second kappa shape index (κ2) is 5.62. The first-order chi connectivity index (χ1) is 7.57. The fourth-order valence-corrected chi connectivity index (χ4v) is 4.55. The highest BCUT2D eigenvalue weighted by atomic mass is 31.2. The molecule has 2 N–H and O–H groups in total. The maximum Gasteiger partial charge on any atom is 0.169 e. The molecule has 0 aromatic heterocycles. The summed E-state index contributed by atoms with van der Waals surface area (Å²) in [5.74, 6) is -1.94. The van der Waals surface area contributed by atoms with Crippen molar-refractivity contribution in [1.82, 2.24) is 0 Å². The third-order valence-electron chi connectivity index (χ3n) is 2.78. The summed E-state index contributed by atoms with van der Waals surface area (Å²) in [6.45, 7) is 3.53. The first kappa shape index (κ1) is 13.4. The van der Waals surface area contributed by atoms with E-state index < -0.39 is 18.8 Å². The van der Waals surface area contributed by atoms with Gasteiger partial charge in [-0.15, -0.1) is 0 Å². The smallest absolute Gasteiger partial charge is 0.169 e. The molecule has 0 bridgehead atoms. The van der Waals surface area contributed by atoms with Gasteiger partial charge in [-0.3, -0.25) is 0 Å². The highest BCUT2D eigenvalue weighted by molar-refractivity contribution is 7.72. The molecule has 1 rings (SSSR count). The van der Waals surface area contributed by atoms with Crippen molar-refractivity contribution in [3.05, 3.63) is 30.3 Å². The molecule has 4 heteroatoms. The van der Waals surface area contributed by atoms with E-state index in [9.17, 15) is 14.8 Å². The van der Waals surface area contributed by atoms with E-state index in [-0.39, 0.29) is 0 Å². The minimum absolute atomic E-state index is 0.378. The van der Waals surface area contributed by atoms with Gasteiger partial charge < -0.3 is 14.8 Å². The van der Waals surface area contributed by atoms with Crippen molar-refractivity contribution in [2.45, 2.75) is 38.4 Å². The molecule has 90 valence electrons. The molecule has 3 nitrogen and oxygen atoms in total. The summed E-state index contributed by atoms with van der Waals surface area (Å²) in [4.78, 5) is 0. The molecule has 0 spiro atoms. The second-order valence-electron chi connectivity index (χ2n) is 3.82. The molecule has 0 fully saturated rings. The predicted octanol–water partition coefficient (Wildman–Crippen LogP) is 2.13. The van der Waals surface area contributed by atoms with Crippen LogP contribution in [0.1, 0.15) is 26.7 Å². The first-order valence-electron chi connectivity index (χ1n) is 5.58. The molecule has 16 heavy (non-hydrogen) atoms. The Labute approximate surface area is 96.5 Å². The fraction of sp³-hybridized carbons (Fsp3) is 0.500. The van der Waals surface area contributed by atoms with E-state index in [2.05, 4.69) is 0 Å². The predicted molar refractivity (Wildman–Crippen MR) is 66.3 cm³/mol. The van der Waals surface area contributed by atoms with Crippen molar-refractivity contribution in [2.75, 3.05) is 0 Å². The molecular weight excluding hydrogens is 223 g/mol. The SMILES string of the molecule is CCC(O)P(=O)(c1ccccc1)C(O)CC. The van der Waals surface area contributed by atoms with Gasteiger partial charge in [-0.2, -0.15) is 0 Å². The molecule has 0 radical (unpaired) electrons. The summed E-state index contributed by atoms with van der Waals surface area (Å²) < 4.78 is 12.8. The lowest BCUT2D eigenvalue weighted by atomic mass is 10.4. The van der Waals surface area contributed by atoms with Crippen molar-refractivity contribution in [1.29, 1.82) is 0 Å². The van der Waals surface area contributed by atoms with E-state index in [1.807, 2.05) is 6.07 Å². The number of rotatable bonds is 5.